The van der Waals surface area contributed by atoms with Crippen LogP contribution in [0.4, 0.5) is 0 Å². The van der Waals surface area contributed by atoms with Gasteiger partial charge >= 0.3 is 5.97 Å². The number of hydrogen-bond acceptors (Lipinski definition) is 3. The molecule has 3 aromatic rings. The molecule has 3 rings (SSSR count). The fourth-order valence-electron chi connectivity index (χ4n) is 2.24. The van der Waals surface area contributed by atoms with Gasteiger partial charge < -0.3 is 5.11 Å². The zero-order chi connectivity index (χ0) is 15.7. The Bertz CT molecular complexity index is 888. The van der Waals surface area contributed by atoms with Crippen molar-refractivity contribution in [2.45, 2.75) is 0 Å². The summed E-state index contributed by atoms with van der Waals surface area (Å²) in [5.41, 5.74) is 1.55. The molecule has 108 valence electrons. The first-order valence-corrected chi connectivity index (χ1v) is 6.86. The van der Waals surface area contributed by atoms with E-state index in [1.165, 1.54) is 12.3 Å². The van der Waals surface area contributed by atoms with Crippen LogP contribution in [0.3, 0.4) is 0 Å². The van der Waals surface area contributed by atoms with Gasteiger partial charge in [0.05, 0.1) is 11.1 Å². The quantitative estimate of drug-likeness (QED) is 0.747. The molecule has 0 fully saturated rings. The fourth-order valence-corrected chi connectivity index (χ4v) is 2.37. The third-order valence-corrected chi connectivity index (χ3v) is 3.59. The molecule has 0 spiro atoms. The molecule has 0 aliphatic rings. The van der Waals surface area contributed by atoms with Gasteiger partial charge in [-0.25, -0.2) is 4.79 Å². The molecule has 0 radical (unpaired) electrons. The van der Waals surface area contributed by atoms with Crippen molar-refractivity contribution in [3.8, 4) is 0 Å². The summed E-state index contributed by atoms with van der Waals surface area (Å²) in [5, 5.41) is 10.2. The number of pyridine rings is 1. The Morgan fingerprint density at radius 2 is 1.64 bits per heavy atom. The van der Waals surface area contributed by atoms with Gasteiger partial charge in [-0.1, -0.05) is 11.6 Å². The first-order valence-electron chi connectivity index (χ1n) is 6.48. The standard InChI is InChI=1S/C17H10ClNO3/c18-12-4-1-10(2-5-12)16(20)11-3-6-15-14(9-11)13(17(21)22)7-8-19-15/h1-9H,(H,21,22). The van der Waals surface area contributed by atoms with E-state index in [2.05, 4.69) is 4.98 Å². The van der Waals surface area contributed by atoms with Crippen LogP contribution < -0.4 is 0 Å². The molecule has 0 saturated heterocycles. The minimum absolute atomic E-state index is 0.121. The van der Waals surface area contributed by atoms with Gasteiger partial charge in [0.25, 0.3) is 0 Å². The summed E-state index contributed by atoms with van der Waals surface area (Å²) in [4.78, 5) is 27.9. The van der Waals surface area contributed by atoms with Crippen LogP contribution in [0.1, 0.15) is 26.3 Å². The Morgan fingerprint density at radius 1 is 0.955 bits per heavy atom. The number of rotatable bonds is 3. The fraction of sp³-hybridized carbons (Fsp3) is 0. The van der Waals surface area contributed by atoms with E-state index in [4.69, 9.17) is 11.6 Å². The van der Waals surface area contributed by atoms with E-state index in [0.717, 1.165) is 0 Å². The predicted octanol–water partition coefficient (Wildman–Crippen LogP) is 3.82. The van der Waals surface area contributed by atoms with Gasteiger partial charge in [0.15, 0.2) is 5.78 Å². The molecule has 22 heavy (non-hydrogen) atoms. The maximum absolute atomic E-state index is 12.5. The minimum atomic E-state index is -1.05. The number of fused-ring (bicyclic) bond motifs is 1. The normalized spacial score (nSPS) is 10.6. The number of carbonyl (C=O) groups excluding carboxylic acids is 1. The molecule has 1 heterocycles. The van der Waals surface area contributed by atoms with E-state index in [9.17, 15) is 14.7 Å². The molecule has 0 unspecified atom stereocenters. The van der Waals surface area contributed by atoms with Gasteiger partial charge in [-0.2, -0.15) is 0 Å². The van der Waals surface area contributed by atoms with Crippen molar-refractivity contribution in [3.05, 3.63) is 76.4 Å². The van der Waals surface area contributed by atoms with E-state index in [1.807, 2.05) is 0 Å². The molecule has 0 amide bonds. The zero-order valence-corrected chi connectivity index (χ0v) is 12.0. The van der Waals surface area contributed by atoms with Crippen molar-refractivity contribution in [2.24, 2.45) is 0 Å². The second kappa shape index (κ2) is 5.58. The van der Waals surface area contributed by atoms with Crippen molar-refractivity contribution < 1.29 is 14.7 Å². The molecule has 0 atom stereocenters. The Hall–Kier alpha value is -2.72. The summed E-state index contributed by atoms with van der Waals surface area (Å²) in [7, 11) is 0. The van der Waals surface area contributed by atoms with Crippen LogP contribution in [-0.4, -0.2) is 21.8 Å². The molecule has 0 saturated carbocycles. The van der Waals surface area contributed by atoms with Gasteiger partial charge in [-0.15, -0.1) is 0 Å². The summed E-state index contributed by atoms with van der Waals surface area (Å²) in [6.45, 7) is 0. The summed E-state index contributed by atoms with van der Waals surface area (Å²) in [5.74, 6) is -1.25. The highest BCUT2D eigenvalue weighted by molar-refractivity contribution is 6.30. The van der Waals surface area contributed by atoms with Crippen LogP contribution in [0, 0.1) is 0 Å². The van der Waals surface area contributed by atoms with Crippen molar-refractivity contribution in [3.63, 3.8) is 0 Å². The number of aromatic carboxylic acids is 1. The van der Waals surface area contributed by atoms with Crippen LogP contribution in [0.2, 0.25) is 5.02 Å². The Morgan fingerprint density at radius 3 is 2.32 bits per heavy atom. The number of carbonyl (C=O) groups is 2. The van der Waals surface area contributed by atoms with Crippen LogP contribution >= 0.6 is 11.6 Å². The topological polar surface area (TPSA) is 67.3 Å². The zero-order valence-electron chi connectivity index (χ0n) is 11.3. The average Bonchev–Trinajstić information content (AvgIpc) is 2.53. The number of carboxylic acid groups (broad SMARTS) is 1. The lowest BCUT2D eigenvalue weighted by atomic mass is 10.00. The van der Waals surface area contributed by atoms with E-state index in [0.29, 0.717) is 27.1 Å². The molecule has 0 aliphatic heterocycles. The second-order valence-corrected chi connectivity index (χ2v) is 5.17. The molecule has 2 aromatic carbocycles. The van der Waals surface area contributed by atoms with E-state index < -0.39 is 5.97 Å². The van der Waals surface area contributed by atoms with E-state index in [1.54, 1.807) is 42.5 Å². The second-order valence-electron chi connectivity index (χ2n) is 4.73. The lowest BCUT2D eigenvalue weighted by Crippen LogP contribution is -2.03. The largest absolute Gasteiger partial charge is 0.478 e. The van der Waals surface area contributed by atoms with E-state index >= 15 is 0 Å². The Labute approximate surface area is 131 Å². The van der Waals surface area contributed by atoms with Crippen LogP contribution in [-0.2, 0) is 0 Å². The number of aromatic nitrogens is 1. The summed E-state index contributed by atoms with van der Waals surface area (Å²) < 4.78 is 0. The molecule has 1 N–H and O–H groups in total. The molecule has 4 nitrogen and oxygen atoms in total. The average molecular weight is 312 g/mol. The lowest BCUT2D eigenvalue weighted by molar-refractivity contribution is 0.0698. The van der Waals surface area contributed by atoms with Crippen LogP contribution in [0.5, 0.6) is 0 Å². The highest BCUT2D eigenvalue weighted by Gasteiger charge is 2.13. The van der Waals surface area contributed by atoms with Crippen molar-refractivity contribution >= 4 is 34.3 Å². The summed E-state index contributed by atoms with van der Waals surface area (Å²) in [6, 6.07) is 12.8. The highest BCUT2D eigenvalue weighted by Crippen LogP contribution is 2.21. The van der Waals surface area contributed by atoms with E-state index in [-0.39, 0.29) is 11.3 Å². The first kappa shape index (κ1) is 14.2. The van der Waals surface area contributed by atoms with Crippen LogP contribution in [0.15, 0.2) is 54.7 Å². The van der Waals surface area contributed by atoms with Gasteiger partial charge in [0, 0.05) is 27.7 Å². The number of nitrogens with zero attached hydrogens (tertiary/aromatic N) is 1. The molecular weight excluding hydrogens is 302 g/mol. The van der Waals surface area contributed by atoms with Gasteiger partial charge in [0.2, 0.25) is 0 Å². The van der Waals surface area contributed by atoms with Crippen molar-refractivity contribution in [2.75, 3.05) is 0 Å². The monoisotopic (exact) mass is 311 g/mol. The molecule has 0 bridgehead atoms. The predicted molar refractivity (Wildman–Crippen MR) is 83.6 cm³/mol. The Balaban J connectivity index is 2.11. The van der Waals surface area contributed by atoms with Crippen LogP contribution in [0.25, 0.3) is 10.9 Å². The minimum Gasteiger partial charge on any atom is -0.478 e. The molecule has 5 heteroatoms. The number of halogens is 1. The maximum atomic E-state index is 12.5. The van der Waals surface area contributed by atoms with Gasteiger partial charge in [-0.3, -0.25) is 9.78 Å². The third-order valence-electron chi connectivity index (χ3n) is 3.34. The smallest absolute Gasteiger partial charge is 0.336 e. The first-order chi connectivity index (χ1) is 10.6. The summed E-state index contributed by atoms with van der Waals surface area (Å²) >= 11 is 5.81. The number of benzene rings is 2. The maximum Gasteiger partial charge on any atom is 0.336 e. The van der Waals surface area contributed by atoms with Gasteiger partial charge in [-0.05, 0) is 48.5 Å². The lowest BCUT2D eigenvalue weighted by Gasteiger charge is -2.05. The Kier molecular flexibility index (Phi) is 3.61. The SMILES string of the molecule is O=C(c1ccc(Cl)cc1)c1ccc2nccc(C(=O)O)c2c1. The van der Waals surface area contributed by atoms with Crippen molar-refractivity contribution in [1.82, 2.24) is 4.98 Å². The number of carboxylic acids is 1. The molecular formula is C17H10ClNO3. The third kappa shape index (κ3) is 2.56. The number of hydrogen-bond donors (Lipinski definition) is 1. The molecule has 1 aromatic heterocycles. The number of ketones is 1. The highest BCUT2D eigenvalue weighted by atomic mass is 35.5. The van der Waals surface area contributed by atoms with Gasteiger partial charge in [0.1, 0.15) is 0 Å². The van der Waals surface area contributed by atoms with Crippen molar-refractivity contribution in [1.29, 1.82) is 0 Å². The summed E-state index contributed by atoms with van der Waals surface area (Å²) in [6.07, 6.45) is 1.44. The molecule has 0 aliphatic carbocycles.